The van der Waals surface area contributed by atoms with Crippen molar-refractivity contribution in [3.63, 3.8) is 0 Å². The summed E-state index contributed by atoms with van der Waals surface area (Å²) in [7, 11) is 0. The third-order valence-electron chi connectivity index (χ3n) is 6.70. The maximum absolute atomic E-state index is 10.1. The molecule has 0 rings (SSSR count). The van der Waals surface area contributed by atoms with E-state index in [-0.39, 0.29) is 52.0 Å². The zero-order valence-corrected chi connectivity index (χ0v) is 29.5. The zero-order chi connectivity index (χ0) is 29.8. The summed E-state index contributed by atoms with van der Waals surface area (Å²) >= 11 is 0. The molecule has 0 fully saturated rings. The second-order valence-electron chi connectivity index (χ2n) is 10.8. The Balaban J connectivity index is -0.000000240. The Labute approximate surface area is 273 Å². The van der Waals surface area contributed by atoms with Gasteiger partial charge in [-0.1, -0.05) is 156 Å². The van der Waals surface area contributed by atoms with Crippen LogP contribution in [0.2, 0.25) is 0 Å². The molecule has 0 spiro atoms. The van der Waals surface area contributed by atoms with Crippen LogP contribution in [0.4, 0.5) is 0 Å². The molecule has 0 radical (unpaired) electrons. The third kappa shape index (κ3) is 57.4. The maximum Gasteiger partial charge on any atom is 3.00 e. The molecule has 0 atom stereocenters. The van der Waals surface area contributed by atoms with E-state index in [4.69, 9.17) is 0 Å². The molecule has 0 amide bonds. The van der Waals surface area contributed by atoms with Crippen molar-refractivity contribution >= 4 is 17.9 Å². The number of carboxylic acids is 3. The van der Waals surface area contributed by atoms with Crippen LogP contribution in [0.15, 0.2) is 0 Å². The molecule has 0 aliphatic rings. The molecule has 40 heavy (non-hydrogen) atoms. The van der Waals surface area contributed by atoms with Crippen molar-refractivity contribution in [3.8, 4) is 0 Å². The van der Waals surface area contributed by atoms with Crippen molar-refractivity contribution in [1.29, 1.82) is 0 Å². The van der Waals surface area contributed by atoms with Crippen LogP contribution >= 0.6 is 0 Å². The first-order valence-corrected chi connectivity index (χ1v) is 16.4. The minimum atomic E-state index is -0.911. The Bertz CT molecular complexity index is 442. The van der Waals surface area contributed by atoms with Gasteiger partial charge < -0.3 is 29.7 Å². The molecule has 7 heteroatoms. The van der Waals surface area contributed by atoms with Crippen LogP contribution in [0.1, 0.15) is 194 Å². The summed E-state index contributed by atoms with van der Waals surface area (Å²) in [5, 5.41) is 30.2. The second kappa shape index (κ2) is 43.0. The summed E-state index contributed by atoms with van der Waals surface area (Å²) in [6, 6.07) is 0. The molecule has 0 aromatic rings. The predicted octanol–water partition coefficient (Wildman–Crippen LogP) is 6.80. The van der Waals surface area contributed by atoms with E-state index in [2.05, 4.69) is 20.8 Å². The van der Waals surface area contributed by atoms with Gasteiger partial charge >= 0.3 is 32.7 Å². The smallest absolute Gasteiger partial charge is 0.550 e. The van der Waals surface area contributed by atoms with E-state index < -0.39 is 17.9 Å². The van der Waals surface area contributed by atoms with Gasteiger partial charge in [0.05, 0.1) is 0 Å². The van der Waals surface area contributed by atoms with Gasteiger partial charge in [-0.05, 0) is 38.5 Å². The molecule has 0 N–H and O–H groups in total. The summed E-state index contributed by atoms with van der Waals surface area (Å²) in [5.74, 6) is -2.73. The number of hydrogen-bond acceptors (Lipinski definition) is 6. The van der Waals surface area contributed by atoms with Crippen molar-refractivity contribution in [2.75, 3.05) is 0 Å². The van der Waals surface area contributed by atoms with E-state index in [1.807, 2.05) is 0 Å². The number of carboxylic acid groups (broad SMARTS) is 3. The van der Waals surface area contributed by atoms with Crippen LogP contribution < -0.4 is 15.3 Å². The number of carbonyl (C=O) groups is 3. The first kappa shape index (κ1) is 46.5. The van der Waals surface area contributed by atoms with E-state index in [9.17, 15) is 29.7 Å². The van der Waals surface area contributed by atoms with Crippen LogP contribution in [0, 0.1) is 0 Å². The Morgan fingerprint density at radius 2 is 0.475 bits per heavy atom. The normalized spacial score (nSPS) is 9.97. The fraction of sp³-hybridized carbons (Fsp3) is 0.909. The molecule has 6 nitrogen and oxygen atoms in total. The number of carbonyl (C=O) groups excluding carboxylic acids is 3. The Morgan fingerprint density at radius 1 is 0.325 bits per heavy atom. The predicted molar refractivity (Wildman–Crippen MR) is 157 cm³/mol. The molecule has 0 bridgehead atoms. The standard InChI is InChI=1S/3C11H22O2.Y/c3*1-2-3-4-5-6-7-8-9-10-11(12)13;/h3*2-10H2,1H3,(H,12,13);/q;;;+3/p-3. The average molecular weight is 645 g/mol. The van der Waals surface area contributed by atoms with Gasteiger partial charge in [-0.25, -0.2) is 0 Å². The van der Waals surface area contributed by atoms with Gasteiger partial charge in [0.15, 0.2) is 0 Å². The van der Waals surface area contributed by atoms with Crippen molar-refractivity contribution in [2.24, 2.45) is 0 Å². The quantitative estimate of drug-likeness (QED) is 0.0908. The van der Waals surface area contributed by atoms with Crippen LogP contribution in [-0.4, -0.2) is 17.9 Å². The number of unbranched alkanes of at least 4 members (excludes halogenated alkanes) is 21. The fourth-order valence-electron chi connectivity index (χ4n) is 4.21. The average Bonchev–Trinajstić information content (AvgIpc) is 2.89. The molecule has 0 aliphatic heterocycles. The van der Waals surface area contributed by atoms with E-state index in [0.717, 1.165) is 38.5 Å². The molecule has 0 aromatic heterocycles. The van der Waals surface area contributed by atoms with Gasteiger partial charge in [0, 0.05) is 17.9 Å². The molecule has 0 aromatic carbocycles. The van der Waals surface area contributed by atoms with Gasteiger partial charge in [-0.15, -0.1) is 0 Å². The molecule has 0 unspecified atom stereocenters. The summed E-state index contributed by atoms with van der Waals surface area (Å²) in [6.45, 7) is 6.62. The fourth-order valence-corrected chi connectivity index (χ4v) is 4.21. The van der Waals surface area contributed by atoms with Crippen LogP contribution in [0.25, 0.3) is 0 Å². The van der Waals surface area contributed by atoms with Crippen molar-refractivity contribution < 1.29 is 62.4 Å². The maximum atomic E-state index is 10.1. The van der Waals surface area contributed by atoms with E-state index in [1.165, 1.54) is 116 Å². The minimum absolute atomic E-state index is 0. The summed E-state index contributed by atoms with van der Waals surface area (Å²) in [4.78, 5) is 30.2. The Hall–Kier alpha value is -0.486. The molecule has 0 heterocycles. The summed E-state index contributed by atoms with van der Waals surface area (Å²) in [5.41, 5.74) is 0. The van der Waals surface area contributed by atoms with Crippen LogP contribution in [0.3, 0.4) is 0 Å². The van der Waals surface area contributed by atoms with Gasteiger partial charge in [0.2, 0.25) is 0 Å². The van der Waals surface area contributed by atoms with Crippen molar-refractivity contribution in [1.82, 2.24) is 0 Å². The number of aliphatic carboxylic acids is 3. The molecule has 0 saturated carbocycles. The van der Waals surface area contributed by atoms with Crippen molar-refractivity contribution in [3.05, 3.63) is 0 Å². The molecular weight excluding hydrogens is 581 g/mol. The minimum Gasteiger partial charge on any atom is -0.550 e. The summed E-state index contributed by atoms with van der Waals surface area (Å²) in [6.07, 6.45) is 29.2. The monoisotopic (exact) mass is 644 g/mol. The summed E-state index contributed by atoms with van der Waals surface area (Å²) < 4.78 is 0. The largest absolute Gasteiger partial charge is 3.00 e. The van der Waals surface area contributed by atoms with Crippen LogP contribution in [-0.2, 0) is 47.1 Å². The van der Waals surface area contributed by atoms with Gasteiger partial charge in [0.25, 0.3) is 0 Å². The van der Waals surface area contributed by atoms with E-state index in [0.29, 0.717) is 0 Å². The molecule has 234 valence electrons. The van der Waals surface area contributed by atoms with Crippen LogP contribution in [0.5, 0.6) is 0 Å². The Kier molecular flexibility index (Phi) is 49.9. The van der Waals surface area contributed by atoms with E-state index in [1.54, 1.807) is 0 Å². The van der Waals surface area contributed by atoms with E-state index >= 15 is 0 Å². The Morgan fingerprint density at radius 3 is 0.625 bits per heavy atom. The number of rotatable bonds is 27. The zero-order valence-electron chi connectivity index (χ0n) is 26.6. The molecule has 0 aliphatic carbocycles. The van der Waals surface area contributed by atoms with Gasteiger partial charge in [-0.3, -0.25) is 0 Å². The SMILES string of the molecule is CCCCCCCCCCC(=O)[O-].CCCCCCCCCCC(=O)[O-].CCCCCCCCCCC(=O)[O-].[Y+3]. The van der Waals surface area contributed by atoms with Gasteiger partial charge in [-0.2, -0.15) is 0 Å². The second-order valence-corrected chi connectivity index (χ2v) is 10.8. The topological polar surface area (TPSA) is 120 Å². The first-order valence-electron chi connectivity index (χ1n) is 16.4. The van der Waals surface area contributed by atoms with Gasteiger partial charge in [0.1, 0.15) is 0 Å². The first-order chi connectivity index (χ1) is 18.8. The number of hydrogen-bond donors (Lipinski definition) is 0. The third-order valence-corrected chi connectivity index (χ3v) is 6.70. The van der Waals surface area contributed by atoms with Crippen molar-refractivity contribution in [2.45, 2.75) is 194 Å². The molecular formula is C33H63O6Y. The molecule has 0 saturated heterocycles.